The van der Waals surface area contributed by atoms with Crippen LogP contribution >= 0.6 is 0 Å². The summed E-state index contributed by atoms with van der Waals surface area (Å²) in [6, 6.07) is 9.76. The third-order valence-corrected chi connectivity index (χ3v) is 6.22. The number of nitrogens with zero attached hydrogens (tertiary/aromatic N) is 1. The van der Waals surface area contributed by atoms with E-state index in [0.29, 0.717) is 12.1 Å². The highest BCUT2D eigenvalue weighted by atomic mass is 32.2. The fourth-order valence-electron chi connectivity index (χ4n) is 2.51. The zero-order chi connectivity index (χ0) is 20.7. The number of pyridine rings is 1. The molecule has 1 aromatic heterocycles. The molecule has 0 unspecified atom stereocenters. The van der Waals surface area contributed by atoms with Crippen molar-refractivity contribution in [2.45, 2.75) is 30.9 Å². The number of carbonyl (C=O) groups excluding carboxylic acids is 2. The second kappa shape index (κ2) is 9.45. The summed E-state index contributed by atoms with van der Waals surface area (Å²) in [6.45, 7) is 5.80. The number of rotatable bonds is 7. The normalized spacial score (nSPS) is 12.4. The number of benzene rings is 1. The van der Waals surface area contributed by atoms with E-state index in [4.69, 9.17) is 0 Å². The Morgan fingerprint density at radius 1 is 1.00 bits per heavy atom. The van der Waals surface area contributed by atoms with Gasteiger partial charge in [-0.25, -0.2) is 8.42 Å². The lowest BCUT2D eigenvalue weighted by Gasteiger charge is -2.19. The van der Waals surface area contributed by atoms with E-state index in [9.17, 15) is 18.0 Å². The summed E-state index contributed by atoms with van der Waals surface area (Å²) in [5.74, 6) is -1.46. The molecule has 0 aliphatic carbocycles. The van der Waals surface area contributed by atoms with Crippen LogP contribution in [0, 0.1) is 12.8 Å². The van der Waals surface area contributed by atoms with Gasteiger partial charge in [0.1, 0.15) is 5.25 Å². The van der Waals surface area contributed by atoms with Crippen LogP contribution in [0.3, 0.4) is 0 Å². The van der Waals surface area contributed by atoms with Crippen molar-refractivity contribution in [1.82, 2.24) is 15.6 Å². The molecule has 1 heterocycles. The molecule has 1 aromatic carbocycles. The Labute approximate surface area is 165 Å². The Bertz CT molecular complexity index is 910. The summed E-state index contributed by atoms with van der Waals surface area (Å²) in [4.78, 5) is 28.1. The van der Waals surface area contributed by atoms with Crippen LogP contribution in [0.4, 0.5) is 0 Å². The number of nitrogens with one attached hydrogen (secondary N) is 2. The van der Waals surface area contributed by atoms with Crippen molar-refractivity contribution >= 4 is 21.7 Å². The quantitative estimate of drug-likeness (QED) is 0.686. The number of amides is 2. The highest BCUT2D eigenvalue weighted by Crippen LogP contribution is 2.28. The number of aromatic nitrogens is 1. The van der Waals surface area contributed by atoms with E-state index in [1.165, 1.54) is 24.5 Å². The molecule has 1 atom stereocenters. The maximum atomic E-state index is 13.2. The number of sulfone groups is 1. The van der Waals surface area contributed by atoms with Crippen LogP contribution < -0.4 is 10.6 Å². The van der Waals surface area contributed by atoms with Gasteiger partial charge in [0.2, 0.25) is 0 Å². The van der Waals surface area contributed by atoms with Crippen LogP contribution in [0.25, 0.3) is 0 Å². The summed E-state index contributed by atoms with van der Waals surface area (Å²) < 4.78 is 26.3. The second-order valence-corrected chi connectivity index (χ2v) is 9.08. The Morgan fingerprint density at radius 3 is 2.14 bits per heavy atom. The van der Waals surface area contributed by atoms with Crippen LogP contribution in [0.5, 0.6) is 0 Å². The van der Waals surface area contributed by atoms with Crippen molar-refractivity contribution in [3.63, 3.8) is 0 Å². The standard InChI is InChI=1S/C20H25N3O4S/c1-14(2)11-22-19(24)20(25)23-13-18(16-5-4-10-21-12-16)28(26,27)17-8-6-15(3)7-9-17/h4-10,12,14,18H,11,13H2,1-3H3,(H,22,24)(H,23,25)/t18-/m1/s1. The molecule has 0 aliphatic rings. The molecule has 2 rings (SSSR count). The van der Waals surface area contributed by atoms with E-state index in [0.717, 1.165) is 5.56 Å². The minimum Gasteiger partial charge on any atom is -0.348 e. The molecular weight excluding hydrogens is 378 g/mol. The van der Waals surface area contributed by atoms with Gasteiger partial charge in [-0.3, -0.25) is 14.6 Å². The first kappa shape index (κ1) is 21.6. The molecule has 0 saturated heterocycles. The Kier molecular flexibility index (Phi) is 7.28. The molecular formula is C20H25N3O4S. The van der Waals surface area contributed by atoms with Gasteiger partial charge in [0.15, 0.2) is 9.84 Å². The number of carbonyl (C=O) groups is 2. The van der Waals surface area contributed by atoms with E-state index in [-0.39, 0.29) is 17.4 Å². The highest BCUT2D eigenvalue weighted by molar-refractivity contribution is 7.91. The minimum absolute atomic E-state index is 0.144. The van der Waals surface area contributed by atoms with E-state index >= 15 is 0 Å². The van der Waals surface area contributed by atoms with Crippen LogP contribution in [0.15, 0.2) is 53.7 Å². The lowest BCUT2D eigenvalue weighted by Crippen LogP contribution is -2.43. The molecule has 0 bridgehead atoms. The van der Waals surface area contributed by atoms with Crippen molar-refractivity contribution in [2.75, 3.05) is 13.1 Å². The van der Waals surface area contributed by atoms with Gasteiger partial charge in [-0.05, 0) is 36.6 Å². The Morgan fingerprint density at radius 2 is 1.61 bits per heavy atom. The van der Waals surface area contributed by atoms with Gasteiger partial charge in [-0.1, -0.05) is 37.6 Å². The van der Waals surface area contributed by atoms with Crippen molar-refractivity contribution in [1.29, 1.82) is 0 Å². The third-order valence-electron chi connectivity index (χ3n) is 4.11. The van der Waals surface area contributed by atoms with Crippen molar-refractivity contribution in [2.24, 2.45) is 5.92 Å². The zero-order valence-electron chi connectivity index (χ0n) is 16.2. The topological polar surface area (TPSA) is 105 Å². The second-order valence-electron chi connectivity index (χ2n) is 6.95. The maximum Gasteiger partial charge on any atom is 0.309 e. The molecule has 0 fully saturated rings. The summed E-state index contributed by atoms with van der Waals surface area (Å²) in [5, 5.41) is 3.88. The predicted octanol–water partition coefficient (Wildman–Crippen LogP) is 1.79. The number of hydrogen-bond acceptors (Lipinski definition) is 5. The van der Waals surface area contributed by atoms with Crippen LogP contribution in [0.1, 0.15) is 30.2 Å². The molecule has 0 aliphatic heterocycles. The summed E-state index contributed by atoms with van der Waals surface area (Å²) in [5.41, 5.74) is 1.37. The van der Waals surface area contributed by atoms with Crippen molar-refractivity contribution in [3.05, 3.63) is 59.9 Å². The van der Waals surface area contributed by atoms with Crippen LogP contribution in [0.2, 0.25) is 0 Å². The lowest BCUT2D eigenvalue weighted by atomic mass is 10.2. The Balaban J connectivity index is 2.23. The average molecular weight is 404 g/mol. The first-order valence-corrected chi connectivity index (χ1v) is 10.5. The van der Waals surface area contributed by atoms with Gasteiger partial charge in [0.05, 0.1) is 4.90 Å². The van der Waals surface area contributed by atoms with Gasteiger partial charge in [0, 0.05) is 25.5 Å². The van der Waals surface area contributed by atoms with Crippen molar-refractivity contribution in [3.8, 4) is 0 Å². The largest absolute Gasteiger partial charge is 0.348 e. The molecule has 0 saturated carbocycles. The maximum absolute atomic E-state index is 13.2. The smallest absolute Gasteiger partial charge is 0.309 e. The molecule has 0 radical (unpaired) electrons. The molecule has 2 amide bonds. The SMILES string of the molecule is Cc1ccc(S(=O)(=O)[C@H](CNC(=O)C(=O)NCC(C)C)c2cccnc2)cc1. The lowest BCUT2D eigenvalue weighted by molar-refractivity contribution is -0.139. The predicted molar refractivity (Wildman–Crippen MR) is 106 cm³/mol. The monoisotopic (exact) mass is 403 g/mol. The molecule has 2 N–H and O–H groups in total. The van der Waals surface area contributed by atoms with E-state index in [1.807, 2.05) is 20.8 Å². The van der Waals surface area contributed by atoms with Gasteiger partial charge >= 0.3 is 11.8 Å². The summed E-state index contributed by atoms with van der Waals surface area (Å²) in [6.07, 6.45) is 2.98. The molecule has 7 nitrogen and oxygen atoms in total. The third kappa shape index (κ3) is 5.63. The van der Waals surface area contributed by atoms with E-state index in [2.05, 4.69) is 15.6 Å². The van der Waals surface area contributed by atoms with Crippen molar-refractivity contribution < 1.29 is 18.0 Å². The molecule has 28 heavy (non-hydrogen) atoms. The summed E-state index contributed by atoms with van der Waals surface area (Å²) in [7, 11) is -3.80. The molecule has 2 aromatic rings. The average Bonchev–Trinajstić information content (AvgIpc) is 2.67. The van der Waals surface area contributed by atoms with E-state index in [1.54, 1.807) is 24.3 Å². The van der Waals surface area contributed by atoms with Crippen LogP contribution in [-0.2, 0) is 19.4 Å². The molecule has 150 valence electrons. The Hall–Kier alpha value is -2.74. The molecule has 0 spiro atoms. The number of hydrogen-bond donors (Lipinski definition) is 2. The highest BCUT2D eigenvalue weighted by Gasteiger charge is 2.30. The van der Waals surface area contributed by atoms with Gasteiger partial charge < -0.3 is 10.6 Å². The first-order chi connectivity index (χ1) is 13.2. The van der Waals surface area contributed by atoms with Gasteiger partial charge in [-0.2, -0.15) is 0 Å². The van der Waals surface area contributed by atoms with E-state index < -0.39 is 26.9 Å². The zero-order valence-corrected chi connectivity index (χ0v) is 17.0. The molecule has 8 heteroatoms. The van der Waals surface area contributed by atoms with Gasteiger partial charge in [0.25, 0.3) is 0 Å². The number of aryl methyl sites for hydroxylation is 1. The fourth-order valence-corrected chi connectivity index (χ4v) is 4.15. The first-order valence-electron chi connectivity index (χ1n) is 8.98. The van der Waals surface area contributed by atoms with Gasteiger partial charge in [-0.15, -0.1) is 0 Å². The van der Waals surface area contributed by atoms with Crippen LogP contribution in [-0.4, -0.2) is 38.3 Å². The summed E-state index contributed by atoms with van der Waals surface area (Å²) >= 11 is 0. The minimum atomic E-state index is -3.80. The fraction of sp³-hybridized carbons (Fsp3) is 0.350.